The van der Waals surface area contributed by atoms with E-state index in [0.717, 1.165) is 22.2 Å². The molecular weight excluding hydrogens is 326 g/mol. The maximum absolute atomic E-state index is 9.22. The minimum atomic E-state index is -0.281. The van der Waals surface area contributed by atoms with Crippen LogP contribution in [0.3, 0.4) is 0 Å². The van der Waals surface area contributed by atoms with Gasteiger partial charge in [-0.15, -0.1) is 0 Å². The van der Waals surface area contributed by atoms with Crippen LogP contribution >= 0.6 is 0 Å². The Morgan fingerprint density at radius 2 is 2.12 bits per heavy atom. The second-order valence-electron chi connectivity index (χ2n) is 5.80. The van der Waals surface area contributed by atoms with Gasteiger partial charge in [0.25, 0.3) is 0 Å². The summed E-state index contributed by atoms with van der Waals surface area (Å²) in [5, 5.41) is 23.7. The van der Waals surface area contributed by atoms with Crippen LogP contribution in [0.1, 0.15) is 23.6 Å². The number of rotatable bonds is 4. The van der Waals surface area contributed by atoms with Crippen LogP contribution in [0.15, 0.2) is 55.1 Å². The quantitative estimate of drug-likeness (QED) is 0.614. The molecule has 0 unspecified atom stereocenters. The van der Waals surface area contributed by atoms with Gasteiger partial charge in [-0.2, -0.15) is 15.6 Å². The zero-order valence-electron chi connectivity index (χ0n) is 13.7. The van der Waals surface area contributed by atoms with E-state index in [0.29, 0.717) is 11.4 Å². The predicted octanol–water partition coefficient (Wildman–Crippen LogP) is 3.20. The minimum Gasteiger partial charge on any atom is -0.346 e. The van der Waals surface area contributed by atoms with Crippen molar-refractivity contribution in [3.63, 3.8) is 0 Å². The third-order valence-electron chi connectivity index (χ3n) is 4.16. The molecular formula is C19H13N7. The number of nitrogens with one attached hydrogen (secondary N) is 1. The first-order valence-electron chi connectivity index (χ1n) is 8.00. The summed E-state index contributed by atoms with van der Waals surface area (Å²) in [4.78, 5) is 11.9. The van der Waals surface area contributed by atoms with E-state index in [1.165, 1.54) is 0 Å². The third-order valence-corrected chi connectivity index (χ3v) is 4.16. The molecule has 0 saturated carbocycles. The lowest BCUT2D eigenvalue weighted by Crippen LogP contribution is -2.10. The fourth-order valence-corrected chi connectivity index (χ4v) is 2.87. The van der Waals surface area contributed by atoms with Gasteiger partial charge in [0.1, 0.15) is 5.65 Å². The van der Waals surface area contributed by atoms with E-state index in [2.05, 4.69) is 32.2 Å². The van der Waals surface area contributed by atoms with Crippen LogP contribution in [0.25, 0.3) is 22.4 Å². The van der Waals surface area contributed by atoms with Crippen LogP contribution in [-0.2, 0) is 0 Å². The van der Waals surface area contributed by atoms with Crippen molar-refractivity contribution >= 4 is 11.0 Å². The zero-order chi connectivity index (χ0) is 17.9. The van der Waals surface area contributed by atoms with Crippen LogP contribution in [0.4, 0.5) is 0 Å². The average Bonchev–Trinajstić information content (AvgIpc) is 3.34. The largest absolute Gasteiger partial charge is 0.346 e. The van der Waals surface area contributed by atoms with E-state index in [9.17, 15) is 5.26 Å². The molecule has 1 aromatic carbocycles. The summed E-state index contributed by atoms with van der Waals surface area (Å²) in [6, 6.07) is 13.2. The molecule has 0 aliphatic carbocycles. The molecule has 1 atom stereocenters. The molecule has 7 nitrogen and oxygen atoms in total. The Morgan fingerprint density at radius 1 is 1.19 bits per heavy atom. The normalized spacial score (nSPS) is 11.8. The molecule has 0 bridgehead atoms. The molecule has 0 fully saturated rings. The molecule has 26 heavy (non-hydrogen) atoms. The molecule has 0 saturated heterocycles. The Kier molecular flexibility index (Phi) is 3.89. The average molecular weight is 339 g/mol. The highest BCUT2D eigenvalue weighted by molar-refractivity contribution is 5.76. The molecule has 124 valence electrons. The number of hydrogen-bond acceptors (Lipinski definition) is 5. The molecule has 4 aromatic rings. The van der Waals surface area contributed by atoms with Gasteiger partial charge in [-0.3, -0.25) is 4.68 Å². The standard InChI is InChI=1S/C19H13N7/c20-6-4-17(14-3-1-2-13(8-14)9-21)26-12-16(11-24-26)19-23-10-15-5-7-22-18(15)25-19/h1-3,5,7-8,10-12,17H,4H2,(H,22,23,25)/t17-/m1/s1. The Morgan fingerprint density at radius 3 is 2.96 bits per heavy atom. The minimum absolute atomic E-state index is 0.243. The maximum atomic E-state index is 9.22. The first kappa shape index (κ1) is 15.6. The van der Waals surface area contributed by atoms with Gasteiger partial charge in [-0.05, 0) is 23.8 Å². The molecule has 1 N–H and O–H groups in total. The van der Waals surface area contributed by atoms with Crippen molar-refractivity contribution in [3.8, 4) is 23.5 Å². The van der Waals surface area contributed by atoms with Crippen molar-refractivity contribution in [2.45, 2.75) is 12.5 Å². The highest BCUT2D eigenvalue weighted by Gasteiger charge is 2.17. The Hall–Kier alpha value is -3.97. The van der Waals surface area contributed by atoms with Crippen LogP contribution in [-0.4, -0.2) is 24.7 Å². The molecule has 0 radical (unpaired) electrons. The molecule has 7 heteroatoms. The highest BCUT2D eigenvalue weighted by Crippen LogP contribution is 2.25. The lowest BCUT2D eigenvalue weighted by Gasteiger charge is -2.15. The summed E-state index contributed by atoms with van der Waals surface area (Å²) >= 11 is 0. The number of hydrogen-bond donors (Lipinski definition) is 1. The molecule has 3 aromatic heterocycles. The molecule has 4 rings (SSSR count). The third kappa shape index (κ3) is 2.79. The fourth-order valence-electron chi connectivity index (χ4n) is 2.87. The molecule has 0 aliphatic heterocycles. The lowest BCUT2D eigenvalue weighted by atomic mass is 10.0. The Balaban J connectivity index is 1.72. The monoisotopic (exact) mass is 339 g/mol. The fraction of sp³-hybridized carbons (Fsp3) is 0.105. The summed E-state index contributed by atoms with van der Waals surface area (Å²) in [5.41, 5.74) is 2.94. The van der Waals surface area contributed by atoms with Gasteiger partial charge in [0.05, 0.1) is 41.9 Å². The topological polar surface area (TPSA) is 107 Å². The van der Waals surface area contributed by atoms with E-state index >= 15 is 0 Å². The number of benzene rings is 1. The first-order valence-corrected chi connectivity index (χ1v) is 8.00. The maximum Gasteiger partial charge on any atom is 0.164 e. The second-order valence-corrected chi connectivity index (χ2v) is 5.80. The summed E-state index contributed by atoms with van der Waals surface area (Å²) < 4.78 is 1.72. The lowest BCUT2D eigenvalue weighted by molar-refractivity contribution is 0.532. The van der Waals surface area contributed by atoms with Gasteiger partial charge in [-0.25, -0.2) is 9.97 Å². The number of H-pyrrole nitrogens is 1. The first-order chi connectivity index (χ1) is 12.8. The number of fused-ring (bicyclic) bond motifs is 1. The summed E-state index contributed by atoms with van der Waals surface area (Å²) in [7, 11) is 0. The molecule has 0 aliphatic rings. The van der Waals surface area contributed by atoms with E-state index in [-0.39, 0.29) is 12.5 Å². The molecule has 0 spiro atoms. The van der Waals surface area contributed by atoms with E-state index in [4.69, 9.17) is 5.26 Å². The van der Waals surface area contributed by atoms with Crippen molar-refractivity contribution in [1.82, 2.24) is 24.7 Å². The van der Waals surface area contributed by atoms with Crippen LogP contribution in [0, 0.1) is 22.7 Å². The van der Waals surface area contributed by atoms with Gasteiger partial charge in [0.2, 0.25) is 0 Å². The number of aromatic amines is 1. The number of aromatic nitrogens is 5. The predicted molar refractivity (Wildman–Crippen MR) is 94.6 cm³/mol. The second kappa shape index (κ2) is 6.50. The highest BCUT2D eigenvalue weighted by atomic mass is 15.3. The number of nitriles is 2. The van der Waals surface area contributed by atoms with Crippen LogP contribution in [0.5, 0.6) is 0 Å². The van der Waals surface area contributed by atoms with Crippen molar-refractivity contribution < 1.29 is 0 Å². The van der Waals surface area contributed by atoms with Crippen molar-refractivity contribution in [3.05, 3.63) is 66.2 Å². The molecule has 0 amide bonds. The van der Waals surface area contributed by atoms with Gasteiger partial charge < -0.3 is 4.98 Å². The van der Waals surface area contributed by atoms with E-state index < -0.39 is 0 Å². The van der Waals surface area contributed by atoms with Gasteiger partial charge in [-0.1, -0.05) is 12.1 Å². The van der Waals surface area contributed by atoms with Gasteiger partial charge >= 0.3 is 0 Å². The summed E-state index contributed by atoms with van der Waals surface area (Å²) in [6.45, 7) is 0. The number of nitrogens with zero attached hydrogens (tertiary/aromatic N) is 6. The van der Waals surface area contributed by atoms with E-state index in [1.807, 2.05) is 30.6 Å². The Bertz CT molecular complexity index is 1160. The van der Waals surface area contributed by atoms with Crippen LogP contribution < -0.4 is 0 Å². The smallest absolute Gasteiger partial charge is 0.164 e. The molecule has 3 heterocycles. The SMILES string of the molecule is N#CC[C@H](c1cccc(C#N)c1)n1cc(-c2ncc3cc[nH]c3n2)cn1. The summed E-state index contributed by atoms with van der Waals surface area (Å²) in [5.74, 6) is 0.563. The zero-order valence-corrected chi connectivity index (χ0v) is 13.7. The Labute approximate surface area is 149 Å². The van der Waals surface area contributed by atoms with Gasteiger partial charge in [0.15, 0.2) is 5.82 Å². The van der Waals surface area contributed by atoms with Crippen molar-refractivity contribution in [2.75, 3.05) is 0 Å². The van der Waals surface area contributed by atoms with Crippen molar-refractivity contribution in [1.29, 1.82) is 10.5 Å². The van der Waals surface area contributed by atoms with E-state index in [1.54, 1.807) is 29.2 Å². The van der Waals surface area contributed by atoms with Crippen molar-refractivity contribution in [2.24, 2.45) is 0 Å². The van der Waals surface area contributed by atoms with Crippen LogP contribution in [0.2, 0.25) is 0 Å². The summed E-state index contributed by atoms with van der Waals surface area (Å²) in [6.07, 6.45) is 7.33. The van der Waals surface area contributed by atoms with Gasteiger partial charge in [0, 0.05) is 24.0 Å².